The molecule has 0 radical (unpaired) electrons. The van der Waals surface area contributed by atoms with Gasteiger partial charge in [0.15, 0.2) is 0 Å². The number of carbonyl (C=O) groups excluding carboxylic acids is 1. The number of benzene rings is 1. The first-order chi connectivity index (χ1) is 9.97. The quantitative estimate of drug-likeness (QED) is 0.915. The second-order valence-corrected chi connectivity index (χ2v) is 6.52. The molecular weight excluding hydrogens is 309 g/mol. The third-order valence-electron chi connectivity index (χ3n) is 3.48. The van der Waals surface area contributed by atoms with Gasteiger partial charge in [0.05, 0.1) is 15.7 Å². The molecule has 0 aliphatic carbocycles. The number of urea groups is 1. The van der Waals surface area contributed by atoms with Gasteiger partial charge in [-0.25, -0.2) is 4.79 Å². The van der Waals surface area contributed by atoms with Crippen molar-refractivity contribution in [2.75, 3.05) is 38.0 Å². The van der Waals surface area contributed by atoms with Crippen LogP contribution in [0, 0.1) is 5.92 Å². The summed E-state index contributed by atoms with van der Waals surface area (Å²) in [6.07, 6.45) is 0. The number of carbonyl (C=O) groups is 1. The summed E-state index contributed by atoms with van der Waals surface area (Å²) in [4.78, 5) is 16.5. The lowest BCUT2D eigenvalue weighted by Gasteiger charge is -2.35. The van der Waals surface area contributed by atoms with Crippen LogP contribution in [0.25, 0.3) is 0 Å². The third-order valence-corrected chi connectivity index (χ3v) is 4.11. The summed E-state index contributed by atoms with van der Waals surface area (Å²) >= 11 is 12.1. The highest BCUT2D eigenvalue weighted by molar-refractivity contribution is 6.39. The fraction of sp³-hybridized carbons (Fsp3) is 0.533. The SMILES string of the molecule is CC(C)CN1CCN(C(=O)Nc2c(Cl)cccc2Cl)CC1. The van der Waals surface area contributed by atoms with E-state index in [4.69, 9.17) is 23.2 Å². The van der Waals surface area contributed by atoms with Gasteiger partial charge in [-0.3, -0.25) is 4.90 Å². The molecule has 1 aliphatic heterocycles. The van der Waals surface area contributed by atoms with Gasteiger partial charge in [0.1, 0.15) is 0 Å². The number of amides is 2. The van der Waals surface area contributed by atoms with E-state index in [0.29, 0.717) is 21.7 Å². The van der Waals surface area contributed by atoms with Crippen molar-refractivity contribution in [3.63, 3.8) is 0 Å². The Morgan fingerprint density at radius 1 is 1.19 bits per heavy atom. The zero-order chi connectivity index (χ0) is 15.4. The fourth-order valence-electron chi connectivity index (χ4n) is 2.45. The maximum atomic E-state index is 12.3. The fourth-order valence-corrected chi connectivity index (χ4v) is 2.95. The number of para-hydroxylation sites is 1. The topological polar surface area (TPSA) is 35.6 Å². The average Bonchev–Trinajstić information content (AvgIpc) is 2.43. The molecule has 0 saturated carbocycles. The largest absolute Gasteiger partial charge is 0.322 e. The summed E-state index contributed by atoms with van der Waals surface area (Å²) < 4.78 is 0. The normalized spacial score (nSPS) is 16.3. The lowest BCUT2D eigenvalue weighted by molar-refractivity contribution is 0.138. The van der Waals surface area contributed by atoms with Gasteiger partial charge in [-0.1, -0.05) is 43.1 Å². The van der Waals surface area contributed by atoms with Gasteiger partial charge in [0, 0.05) is 32.7 Å². The Labute approximate surface area is 136 Å². The highest BCUT2D eigenvalue weighted by Gasteiger charge is 2.22. The highest BCUT2D eigenvalue weighted by atomic mass is 35.5. The first-order valence-corrected chi connectivity index (χ1v) is 7.95. The van der Waals surface area contributed by atoms with Crippen LogP contribution in [0.1, 0.15) is 13.8 Å². The van der Waals surface area contributed by atoms with Gasteiger partial charge in [0.2, 0.25) is 0 Å². The predicted octanol–water partition coefficient (Wildman–Crippen LogP) is 3.80. The van der Waals surface area contributed by atoms with Crippen molar-refractivity contribution < 1.29 is 4.79 Å². The molecule has 21 heavy (non-hydrogen) atoms. The number of halogens is 2. The molecule has 1 aliphatic rings. The van der Waals surface area contributed by atoms with Crippen LogP contribution < -0.4 is 5.32 Å². The highest BCUT2D eigenvalue weighted by Crippen LogP contribution is 2.30. The minimum Gasteiger partial charge on any atom is -0.322 e. The second kappa shape index (κ2) is 7.34. The molecule has 1 saturated heterocycles. The molecule has 116 valence electrons. The lowest BCUT2D eigenvalue weighted by Crippen LogP contribution is -2.50. The van der Waals surface area contributed by atoms with Crippen LogP contribution in [0.15, 0.2) is 18.2 Å². The minimum absolute atomic E-state index is 0.144. The maximum Gasteiger partial charge on any atom is 0.322 e. The van der Waals surface area contributed by atoms with E-state index in [0.717, 1.165) is 32.7 Å². The minimum atomic E-state index is -0.144. The summed E-state index contributed by atoms with van der Waals surface area (Å²) in [5.41, 5.74) is 0.482. The van der Waals surface area contributed by atoms with Crippen molar-refractivity contribution in [1.82, 2.24) is 9.80 Å². The Morgan fingerprint density at radius 2 is 1.76 bits per heavy atom. The molecule has 0 bridgehead atoms. The summed E-state index contributed by atoms with van der Waals surface area (Å²) in [7, 11) is 0. The average molecular weight is 330 g/mol. The van der Waals surface area contributed by atoms with E-state index >= 15 is 0 Å². The molecule has 1 heterocycles. The van der Waals surface area contributed by atoms with Gasteiger partial charge in [-0.2, -0.15) is 0 Å². The molecule has 1 aromatic carbocycles. The molecule has 0 atom stereocenters. The molecule has 2 rings (SSSR count). The third kappa shape index (κ3) is 4.50. The van der Waals surface area contributed by atoms with Crippen molar-refractivity contribution >= 4 is 34.9 Å². The van der Waals surface area contributed by atoms with Crippen LogP contribution in [-0.2, 0) is 0 Å². The maximum absolute atomic E-state index is 12.3. The standard InChI is InChI=1S/C15H21Cl2N3O/c1-11(2)10-19-6-8-20(9-7-19)15(21)18-14-12(16)4-3-5-13(14)17/h3-5,11H,6-10H2,1-2H3,(H,18,21). The first kappa shape index (κ1) is 16.4. The van der Waals surface area contributed by atoms with Crippen LogP contribution >= 0.6 is 23.2 Å². The monoisotopic (exact) mass is 329 g/mol. The molecule has 1 N–H and O–H groups in total. The van der Waals surface area contributed by atoms with Crippen molar-refractivity contribution in [2.45, 2.75) is 13.8 Å². The second-order valence-electron chi connectivity index (χ2n) is 5.71. The van der Waals surface area contributed by atoms with E-state index in [2.05, 4.69) is 24.1 Å². The summed E-state index contributed by atoms with van der Waals surface area (Å²) in [5, 5.41) is 3.71. The van der Waals surface area contributed by atoms with Gasteiger partial charge < -0.3 is 10.2 Å². The zero-order valence-electron chi connectivity index (χ0n) is 12.4. The van der Waals surface area contributed by atoms with E-state index < -0.39 is 0 Å². The van der Waals surface area contributed by atoms with E-state index in [1.54, 1.807) is 23.1 Å². The first-order valence-electron chi connectivity index (χ1n) is 7.19. The smallest absolute Gasteiger partial charge is 0.322 e. The lowest BCUT2D eigenvalue weighted by atomic mass is 10.2. The molecule has 0 unspecified atom stereocenters. The van der Waals surface area contributed by atoms with Crippen LogP contribution in [-0.4, -0.2) is 48.6 Å². The Morgan fingerprint density at radius 3 is 2.29 bits per heavy atom. The number of anilines is 1. The summed E-state index contributed by atoms with van der Waals surface area (Å²) in [6.45, 7) is 8.74. The van der Waals surface area contributed by atoms with Crippen LogP contribution in [0.3, 0.4) is 0 Å². The number of hydrogen-bond donors (Lipinski definition) is 1. The Balaban J connectivity index is 1.91. The number of nitrogens with zero attached hydrogens (tertiary/aromatic N) is 2. The van der Waals surface area contributed by atoms with Crippen molar-refractivity contribution in [3.05, 3.63) is 28.2 Å². The molecule has 4 nitrogen and oxygen atoms in total. The van der Waals surface area contributed by atoms with Crippen LogP contribution in [0.4, 0.5) is 10.5 Å². The summed E-state index contributed by atoms with van der Waals surface area (Å²) in [6, 6.07) is 5.03. The van der Waals surface area contributed by atoms with Crippen molar-refractivity contribution in [3.8, 4) is 0 Å². The molecular formula is C15H21Cl2N3O. The predicted molar refractivity (Wildman–Crippen MR) is 88.3 cm³/mol. The Kier molecular flexibility index (Phi) is 5.73. The summed E-state index contributed by atoms with van der Waals surface area (Å²) in [5.74, 6) is 0.646. The van der Waals surface area contributed by atoms with E-state index in [9.17, 15) is 4.79 Å². The molecule has 6 heteroatoms. The van der Waals surface area contributed by atoms with Crippen LogP contribution in [0.2, 0.25) is 10.0 Å². The van der Waals surface area contributed by atoms with E-state index in [-0.39, 0.29) is 6.03 Å². The molecule has 1 aromatic rings. The van der Waals surface area contributed by atoms with Gasteiger partial charge in [-0.15, -0.1) is 0 Å². The molecule has 2 amide bonds. The Bertz CT molecular complexity index is 479. The number of piperazine rings is 1. The van der Waals surface area contributed by atoms with E-state index in [1.807, 2.05) is 0 Å². The molecule has 0 aromatic heterocycles. The van der Waals surface area contributed by atoms with E-state index in [1.165, 1.54) is 0 Å². The van der Waals surface area contributed by atoms with Crippen molar-refractivity contribution in [1.29, 1.82) is 0 Å². The number of hydrogen-bond acceptors (Lipinski definition) is 2. The number of nitrogens with one attached hydrogen (secondary N) is 1. The molecule has 0 spiro atoms. The van der Waals surface area contributed by atoms with Gasteiger partial charge >= 0.3 is 6.03 Å². The van der Waals surface area contributed by atoms with Crippen LogP contribution in [0.5, 0.6) is 0 Å². The Hall–Kier alpha value is -0.970. The zero-order valence-corrected chi connectivity index (χ0v) is 13.9. The number of rotatable bonds is 3. The van der Waals surface area contributed by atoms with Gasteiger partial charge in [-0.05, 0) is 18.1 Å². The van der Waals surface area contributed by atoms with Crippen molar-refractivity contribution in [2.24, 2.45) is 5.92 Å². The van der Waals surface area contributed by atoms with Gasteiger partial charge in [0.25, 0.3) is 0 Å². The molecule has 1 fully saturated rings.